The number of benzene rings is 1. The molecule has 1 N–H and O–H groups in total. The maximum Gasteiger partial charge on any atom is 0.137 e. The van der Waals surface area contributed by atoms with Gasteiger partial charge in [-0.1, -0.05) is 17.7 Å². The van der Waals surface area contributed by atoms with Gasteiger partial charge in [-0.3, -0.25) is 0 Å². The highest BCUT2D eigenvalue weighted by molar-refractivity contribution is 6.32. The third kappa shape index (κ3) is 4.18. The first-order chi connectivity index (χ1) is 8.75. The topological polar surface area (TPSA) is 13.7 Å². The Hall–Kier alpha value is -0.730. The number of unbranched alkanes of at least 4 members (excludes halogenated alkanes) is 1. The van der Waals surface area contributed by atoms with Crippen LogP contribution in [0.15, 0.2) is 18.2 Å². The zero-order valence-corrected chi connectivity index (χ0v) is 11.9. The van der Waals surface area contributed by atoms with Crippen molar-refractivity contribution < 1.29 is 9.64 Å². The highest BCUT2D eigenvalue weighted by atomic mass is 35.5. The lowest BCUT2D eigenvalue weighted by Crippen LogP contribution is -3.09. The van der Waals surface area contributed by atoms with E-state index in [1.165, 1.54) is 44.5 Å². The quantitative estimate of drug-likeness (QED) is 0.783. The van der Waals surface area contributed by atoms with Gasteiger partial charge in [0.2, 0.25) is 0 Å². The molecule has 100 valence electrons. The van der Waals surface area contributed by atoms with Gasteiger partial charge < -0.3 is 9.64 Å². The summed E-state index contributed by atoms with van der Waals surface area (Å²) in [7, 11) is 0. The van der Waals surface area contributed by atoms with Crippen molar-refractivity contribution in [3.8, 4) is 5.75 Å². The van der Waals surface area contributed by atoms with Crippen molar-refractivity contribution >= 4 is 11.6 Å². The van der Waals surface area contributed by atoms with Crippen molar-refractivity contribution in [2.75, 3.05) is 26.2 Å². The molecule has 1 aromatic rings. The Bertz CT molecular complexity index is 375. The van der Waals surface area contributed by atoms with E-state index in [-0.39, 0.29) is 0 Å². The van der Waals surface area contributed by atoms with Crippen molar-refractivity contribution in [2.45, 2.75) is 32.6 Å². The maximum absolute atomic E-state index is 6.12. The number of nitrogens with one attached hydrogen (secondary N) is 1. The minimum absolute atomic E-state index is 0.722. The summed E-state index contributed by atoms with van der Waals surface area (Å²) in [4.78, 5) is 1.77. The van der Waals surface area contributed by atoms with Gasteiger partial charge in [0.25, 0.3) is 0 Å². The van der Waals surface area contributed by atoms with Crippen LogP contribution in [-0.4, -0.2) is 26.2 Å². The molecule has 2 rings (SSSR count). The van der Waals surface area contributed by atoms with E-state index in [0.717, 1.165) is 23.8 Å². The standard InChI is InChI=1S/C15H22ClNO/c1-13-6-7-15(14(16)12-13)18-11-5-4-10-17-8-2-3-9-17/h6-7,12H,2-5,8-11H2,1H3/p+1. The smallest absolute Gasteiger partial charge is 0.137 e. The molecule has 0 radical (unpaired) electrons. The van der Waals surface area contributed by atoms with Crippen LogP contribution >= 0.6 is 11.6 Å². The molecule has 1 fully saturated rings. The average molecular weight is 269 g/mol. The molecule has 1 aromatic carbocycles. The second-order valence-corrected chi connectivity index (χ2v) is 5.60. The lowest BCUT2D eigenvalue weighted by Gasteiger charge is -2.12. The predicted octanol–water partition coefficient (Wildman–Crippen LogP) is 2.49. The second kappa shape index (κ2) is 7.01. The first kappa shape index (κ1) is 13.7. The maximum atomic E-state index is 6.12. The molecule has 1 aliphatic rings. The van der Waals surface area contributed by atoms with E-state index in [0.29, 0.717) is 0 Å². The number of ether oxygens (including phenoxy) is 1. The number of rotatable bonds is 6. The molecular formula is C15H23ClNO+. The van der Waals surface area contributed by atoms with Gasteiger partial charge in [-0.2, -0.15) is 0 Å². The Labute approximate surface area is 115 Å². The highest BCUT2D eigenvalue weighted by Crippen LogP contribution is 2.25. The molecule has 0 saturated carbocycles. The van der Waals surface area contributed by atoms with E-state index in [1.807, 2.05) is 25.1 Å². The van der Waals surface area contributed by atoms with E-state index >= 15 is 0 Å². The molecule has 0 spiro atoms. The molecule has 1 saturated heterocycles. The summed E-state index contributed by atoms with van der Waals surface area (Å²) >= 11 is 6.12. The summed E-state index contributed by atoms with van der Waals surface area (Å²) < 4.78 is 5.72. The number of hydrogen-bond acceptors (Lipinski definition) is 1. The summed E-state index contributed by atoms with van der Waals surface area (Å²) in [5, 5.41) is 0.722. The molecule has 1 aliphatic heterocycles. The van der Waals surface area contributed by atoms with Crippen molar-refractivity contribution in [1.29, 1.82) is 0 Å². The Balaban J connectivity index is 1.62. The van der Waals surface area contributed by atoms with E-state index < -0.39 is 0 Å². The fraction of sp³-hybridized carbons (Fsp3) is 0.600. The summed E-state index contributed by atoms with van der Waals surface area (Å²) in [5.41, 5.74) is 1.17. The van der Waals surface area contributed by atoms with Crippen LogP contribution in [0.25, 0.3) is 0 Å². The van der Waals surface area contributed by atoms with Crippen LogP contribution in [0.5, 0.6) is 5.75 Å². The Morgan fingerprint density at radius 1 is 1.22 bits per heavy atom. The van der Waals surface area contributed by atoms with E-state index in [1.54, 1.807) is 4.90 Å². The molecular weight excluding hydrogens is 246 g/mol. The van der Waals surface area contributed by atoms with Crippen LogP contribution in [0.2, 0.25) is 5.02 Å². The lowest BCUT2D eigenvalue weighted by molar-refractivity contribution is -0.887. The normalized spacial score (nSPS) is 16.1. The summed E-state index contributed by atoms with van der Waals surface area (Å²) in [6, 6.07) is 5.95. The molecule has 0 amide bonds. The van der Waals surface area contributed by atoms with Crippen LogP contribution < -0.4 is 9.64 Å². The summed E-state index contributed by atoms with van der Waals surface area (Å²) in [5.74, 6) is 0.816. The first-order valence-electron chi connectivity index (χ1n) is 6.98. The first-order valence-corrected chi connectivity index (χ1v) is 7.36. The monoisotopic (exact) mass is 268 g/mol. The number of hydrogen-bond donors (Lipinski definition) is 1. The number of quaternary nitrogens is 1. The van der Waals surface area contributed by atoms with Gasteiger partial charge in [0.1, 0.15) is 5.75 Å². The zero-order chi connectivity index (χ0) is 12.8. The van der Waals surface area contributed by atoms with Crippen molar-refractivity contribution in [3.05, 3.63) is 28.8 Å². The van der Waals surface area contributed by atoms with Gasteiger partial charge in [0.15, 0.2) is 0 Å². The third-order valence-corrected chi connectivity index (χ3v) is 3.88. The molecule has 3 heteroatoms. The van der Waals surface area contributed by atoms with Crippen LogP contribution in [0.1, 0.15) is 31.2 Å². The van der Waals surface area contributed by atoms with E-state index in [9.17, 15) is 0 Å². The largest absolute Gasteiger partial charge is 0.492 e. The van der Waals surface area contributed by atoms with Gasteiger partial charge >= 0.3 is 0 Å². The van der Waals surface area contributed by atoms with Crippen LogP contribution in [0.4, 0.5) is 0 Å². The van der Waals surface area contributed by atoms with Crippen molar-refractivity contribution in [3.63, 3.8) is 0 Å². The predicted molar refractivity (Wildman–Crippen MR) is 75.7 cm³/mol. The average Bonchev–Trinajstić information content (AvgIpc) is 2.84. The fourth-order valence-corrected chi connectivity index (χ4v) is 2.80. The zero-order valence-electron chi connectivity index (χ0n) is 11.2. The van der Waals surface area contributed by atoms with E-state index in [4.69, 9.17) is 16.3 Å². The Kier molecular flexibility index (Phi) is 5.33. The third-order valence-electron chi connectivity index (χ3n) is 3.58. The number of halogens is 1. The van der Waals surface area contributed by atoms with Crippen LogP contribution in [0, 0.1) is 6.92 Å². The highest BCUT2D eigenvalue weighted by Gasteiger charge is 2.13. The van der Waals surface area contributed by atoms with E-state index in [2.05, 4.69) is 0 Å². The second-order valence-electron chi connectivity index (χ2n) is 5.20. The Morgan fingerprint density at radius 2 is 2.00 bits per heavy atom. The number of aryl methyl sites for hydroxylation is 1. The minimum atomic E-state index is 0.722. The molecule has 0 aliphatic carbocycles. The van der Waals surface area contributed by atoms with Gasteiger partial charge in [0.05, 0.1) is 31.3 Å². The van der Waals surface area contributed by atoms with Crippen molar-refractivity contribution in [1.82, 2.24) is 0 Å². The molecule has 18 heavy (non-hydrogen) atoms. The van der Waals surface area contributed by atoms with Gasteiger partial charge in [0, 0.05) is 12.8 Å². The van der Waals surface area contributed by atoms with Gasteiger partial charge in [-0.25, -0.2) is 0 Å². The van der Waals surface area contributed by atoms with Crippen LogP contribution in [-0.2, 0) is 0 Å². The molecule has 0 atom stereocenters. The summed E-state index contributed by atoms with van der Waals surface area (Å²) in [6.45, 7) is 6.84. The molecule has 0 bridgehead atoms. The summed E-state index contributed by atoms with van der Waals surface area (Å²) in [6.07, 6.45) is 5.18. The fourth-order valence-electron chi connectivity index (χ4n) is 2.51. The number of likely N-dealkylation sites (tertiary alicyclic amines) is 1. The van der Waals surface area contributed by atoms with Crippen LogP contribution in [0.3, 0.4) is 0 Å². The SMILES string of the molecule is Cc1ccc(OCCCC[NH+]2CCCC2)c(Cl)c1. The van der Waals surface area contributed by atoms with Gasteiger partial charge in [-0.15, -0.1) is 0 Å². The van der Waals surface area contributed by atoms with Crippen molar-refractivity contribution in [2.24, 2.45) is 0 Å². The van der Waals surface area contributed by atoms with Gasteiger partial charge in [-0.05, 0) is 37.5 Å². The Morgan fingerprint density at radius 3 is 2.72 bits per heavy atom. The lowest BCUT2D eigenvalue weighted by atomic mass is 10.2. The molecule has 0 aromatic heterocycles. The molecule has 2 nitrogen and oxygen atoms in total. The molecule has 1 heterocycles. The minimum Gasteiger partial charge on any atom is -0.492 e. The molecule has 0 unspecified atom stereocenters.